The number of rotatable bonds is 7. The van der Waals surface area contributed by atoms with Crippen molar-refractivity contribution in [1.82, 2.24) is 5.32 Å². The molecule has 26 heavy (non-hydrogen) atoms. The van der Waals surface area contributed by atoms with Crippen LogP contribution in [0.4, 0.5) is 0 Å². The summed E-state index contributed by atoms with van der Waals surface area (Å²) >= 11 is 0. The number of benzene rings is 2. The van der Waals surface area contributed by atoms with Crippen LogP contribution in [0.1, 0.15) is 34.3 Å². The van der Waals surface area contributed by atoms with Crippen LogP contribution in [-0.2, 0) is 6.61 Å². The van der Waals surface area contributed by atoms with Gasteiger partial charge in [-0.2, -0.15) is 0 Å². The first-order chi connectivity index (χ1) is 12.7. The standard InChI is InChI=1S/C21H23NO4/c1-25-19-13-18(21(23)24)16(9-10-17-8-5-11-22-17)12-20(19)26-14-15-6-3-2-4-7-15/h2-4,6-7,9-10,12-13,17,22H,5,8,11,14H2,1H3,(H,23,24). The Morgan fingerprint density at radius 3 is 2.73 bits per heavy atom. The molecule has 2 N–H and O–H groups in total. The molecule has 0 spiro atoms. The van der Waals surface area contributed by atoms with Crippen LogP contribution in [0.25, 0.3) is 6.08 Å². The Balaban J connectivity index is 1.87. The molecule has 0 bridgehead atoms. The maximum absolute atomic E-state index is 11.6. The second kappa shape index (κ2) is 8.54. The maximum Gasteiger partial charge on any atom is 0.336 e. The Morgan fingerprint density at radius 2 is 2.08 bits per heavy atom. The highest BCUT2D eigenvalue weighted by Gasteiger charge is 2.16. The number of methoxy groups -OCH3 is 1. The van der Waals surface area contributed by atoms with Crippen LogP contribution in [0.5, 0.6) is 11.5 Å². The molecule has 0 amide bonds. The fourth-order valence-corrected chi connectivity index (χ4v) is 3.00. The Kier molecular flexibility index (Phi) is 5.92. The summed E-state index contributed by atoms with van der Waals surface area (Å²) in [5.74, 6) is -0.0493. The average Bonchev–Trinajstić information content (AvgIpc) is 3.18. The van der Waals surface area contributed by atoms with Gasteiger partial charge in [-0.25, -0.2) is 4.79 Å². The topological polar surface area (TPSA) is 67.8 Å². The molecule has 0 aromatic heterocycles. The second-order valence-electron chi connectivity index (χ2n) is 6.23. The van der Waals surface area contributed by atoms with E-state index in [1.807, 2.05) is 42.5 Å². The summed E-state index contributed by atoms with van der Waals surface area (Å²) in [4.78, 5) is 11.6. The Labute approximate surface area is 153 Å². The van der Waals surface area contributed by atoms with Gasteiger partial charge < -0.3 is 19.9 Å². The highest BCUT2D eigenvalue weighted by molar-refractivity contribution is 5.93. The van der Waals surface area contributed by atoms with E-state index in [0.29, 0.717) is 23.7 Å². The Bertz CT molecular complexity index is 780. The van der Waals surface area contributed by atoms with Crippen molar-refractivity contribution in [1.29, 1.82) is 0 Å². The van der Waals surface area contributed by atoms with E-state index < -0.39 is 5.97 Å². The molecule has 2 aromatic carbocycles. The number of carboxylic acid groups (broad SMARTS) is 1. The van der Waals surface area contributed by atoms with Crippen molar-refractivity contribution in [3.8, 4) is 11.5 Å². The Morgan fingerprint density at radius 1 is 1.27 bits per heavy atom. The van der Waals surface area contributed by atoms with Crippen LogP contribution in [0, 0.1) is 0 Å². The monoisotopic (exact) mass is 353 g/mol. The lowest BCUT2D eigenvalue weighted by atomic mass is 10.0. The summed E-state index contributed by atoms with van der Waals surface area (Å²) < 4.78 is 11.2. The molecule has 0 aliphatic carbocycles. The SMILES string of the molecule is COc1cc(C(=O)O)c(C=CC2CCCN2)cc1OCc1ccccc1. The number of aromatic carboxylic acids is 1. The lowest BCUT2D eigenvalue weighted by Gasteiger charge is -2.14. The van der Waals surface area contributed by atoms with Gasteiger partial charge in [-0.1, -0.05) is 42.5 Å². The van der Waals surface area contributed by atoms with Gasteiger partial charge in [0.1, 0.15) is 6.61 Å². The van der Waals surface area contributed by atoms with Crippen molar-refractivity contribution in [3.05, 3.63) is 65.2 Å². The van der Waals surface area contributed by atoms with Gasteiger partial charge in [-0.15, -0.1) is 0 Å². The minimum Gasteiger partial charge on any atom is -0.493 e. The van der Waals surface area contributed by atoms with Crippen molar-refractivity contribution in [3.63, 3.8) is 0 Å². The molecule has 1 saturated heterocycles. The minimum atomic E-state index is -0.989. The van der Waals surface area contributed by atoms with Crippen LogP contribution in [0.15, 0.2) is 48.5 Å². The van der Waals surface area contributed by atoms with Gasteiger partial charge in [0.2, 0.25) is 0 Å². The van der Waals surface area contributed by atoms with Gasteiger partial charge >= 0.3 is 5.97 Å². The van der Waals surface area contributed by atoms with Crippen molar-refractivity contribution >= 4 is 12.0 Å². The summed E-state index contributed by atoms with van der Waals surface area (Å²) in [6.45, 7) is 1.38. The zero-order valence-corrected chi connectivity index (χ0v) is 14.8. The smallest absolute Gasteiger partial charge is 0.336 e. The fraction of sp³-hybridized carbons (Fsp3) is 0.286. The molecule has 0 saturated carbocycles. The number of carboxylic acids is 1. The molecule has 1 aliphatic heterocycles. The van der Waals surface area contributed by atoms with Gasteiger partial charge in [0.15, 0.2) is 11.5 Å². The molecular weight excluding hydrogens is 330 g/mol. The largest absolute Gasteiger partial charge is 0.493 e. The molecular formula is C21H23NO4. The summed E-state index contributed by atoms with van der Waals surface area (Å²) in [7, 11) is 1.51. The van der Waals surface area contributed by atoms with Crippen LogP contribution < -0.4 is 14.8 Å². The van der Waals surface area contributed by atoms with Crippen LogP contribution in [0.3, 0.4) is 0 Å². The molecule has 136 valence electrons. The molecule has 1 heterocycles. The molecule has 0 radical (unpaired) electrons. The molecule has 1 aliphatic rings. The normalized spacial score (nSPS) is 16.7. The van der Waals surface area contributed by atoms with E-state index in [9.17, 15) is 9.90 Å². The highest BCUT2D eigenvalue weighted by Crippen LogP contribution is 2.32. The van der Waals surface area contributed by atoms with Crippen molar-refractivity contribution in [2.45, 2.75) is 25.5 Å². The van der Waals surface area contributed by atoms with E-state index in [4.69, 9.17) is 9.47 Å². The third kappa shape index (κ3) is 4.43. The van der Waals surface area contributed by atoms with Crippen molar-refractivity contribution in [2.75, 3.05) is 13.7 Å². The first kappa shape index (κ1) is 18.0. The van der Waals surface area contributed by atoms with Gasteiger partial charge in [0.05, 0.1) is 12.7 Å². The fourth-order valence-electron chi connectivity index (χ4n) is 3.00. The number of ether oxygens (including phenoxy) is 2. The van der Waals surface area contributed by atoms with E-state index in [0.717, 1.165) is 24.9 Å². The highest BCUT2D eigenvalue weighted by atomic mass is 16.5. The lowest BCUT2D eigenvalue weighted by molar-refractivity contribution is 0.0696. The van der Waals surface area contributed by atoms with Crippen LogP contribution in [0.2, 0.25) is 0 Å². The van der Waals surface area contributed by atoms with Crippen LogP contribution >= 0.6 is 0 Å². The number of hydrogen-bond acceptors (Lipinski definition) is 4. The first-order valence-electron chi connectivity index (χ1n) is 8.71. The third-order valence-electron chi connectivity index (χ3n) is 4.41. The van der Waals surface area contributed by atoms with Gasteiger partial charge in [-0.3, -0.25) is 0 Å². The molecule has 2 aromatic rings. The van der Waals surface area contributed by atoms with Crippen molar-refractivity contribution in [2.24, 2.45) is 0 Å². The zero-order valence-electron chi connectivity index (χ0n) is 14.8. The Hall–Kier alpha value is -2.79. The maximum atomic E-state index is 11.6. The first-order valence-corrected chi connectivity index (χ1v) is 8.71. The van der Waals surface area contributed by atoms with Gasteiger partial charge in [0, 0.05) is 6.04 Å². The summed E-state index contributed by atoms with van der Waals surface area (Å²) in [5.41, 5.74) is 1.84. The lowest BCUT2D eigenvalue weighted by Crippen LogP contribution is -2.18. The summed E-state index contributed by atoms with van der Waals surface area (Å²) in [6, 6.07) is 13.3. The predicted molar refractivity (Wildman–Crippen MR) is 101 cm³/mol. The molecule has 5 heteroatoms. The summed E-state index contributed by atoms with van der Waals surface area (Å²) in [6.07, 6.45) is 6.06. The van der Waals surface area contributed by atoms with Crippen LogP contribution in [-0.4, -0.2) is 30.8 Å². The zero-order chi connectivity index (χ0) is 18.4. The van der Waals surface area contributed by atoms with Gasteiger partial charge in [-0.05, 0) is 42.6 Å². The van der Waals surface area contributed by atoms with E-state index >= 15 is 0 Å². The molecule has 1 fully saturated rings. The minimum absolute atomic E-state index is 0.197. The second-order valence-corrected chi connectivity index (χ2v) is 6.23. The molecule has 5 nitrogen and oxygen atoms in total. The van der Waals surface area contributed by atoms with E-state index in [2.05, 4.69) is 5.32 Å². The quantitative estimate of drug-likeness (QED) is 0.794. The molecule has 1 unspecified atom stereocenters. The van der Waals surface area contributed by atoms with E-state index in [-0.39, 0.29) is 11.6 Å². The average molecular weight is 353 g/mol. The predicted octanol–water partition coefficient (Wildman–Crippen LogP) is 3.74. The number of nitrogens with one attached hydrogen (secondary N) is 1. The number of hydrogen-bond donors (Lipinski definition) is 2. The third-order valence-corrected chi connectivity index (χ3v) is 4.41. The van der Waals surface area contributed by atoms with Crippen molar-refractivity contribution < 1.29 is 19.4 Å². The van der Waals surface area contributed by atoms with E-state index in [1.54, 1.807) is 6.07 Å². The van der Waals surface area contributed by atoms with E-state index in [1.165, 1.54) is 13.2 Å². The summed E-state index contributed by atoms with van der Waals surface area (Å²) in [5, 5.41) is 12.9. The number of carbonyl (C=O) groups is 1. The van der Waals surface area contributed by atoms with Gasteiger partial charge in [0.25, 0.3) is 0 Å². The molecule has 1 atom stereocenters. The molecule has 3 rings (SSSR count).